The second-order valence-corrected chi connectivity index (χ2v) is 5.22. The SMILES string of the molecule is NC(=O)C1CCN(C(=O)c2cccc3cc[nH]c23)CC1. The van der Waals surface area contributed by atoms with E-state index in [1.165, 1.54) is 0 Å². The molecular weight excluding hydrogens is 254 g/mol. The van der Waals surface area contributed by atoms with Gasteiger partial charge in [-0.1, -0.05) is 12.1 Å². The highest BCUT2D eigenvalue weighted by molar-refractivity contribution is 6.05. The number of hydrogen-bond donors (Lipinski definition) is 2. The summed E-state index contributed by atoms with van der Waals surface area (Å²) >= 11 is 0. The molecule has 0 atom stereocenters. The van der Waals surface area contributed by atoms with Gasteiger partial charge in [-0.15, -0.1) is 0 Å². The molecule has 1 saturated heterocycles. The van der Waals surface area contributed by atoms with Crippen LogP contribution >= 0.6 is 0 Å². The molecule has 0 unspecified atom stereocenters. The lowest BCUT2D eigenvalue weighted by Gasteiger charge is -2.30. The number of nitrogens with zero attached hydrogens (tertiary/aromatic N) is 1. The van der Waals surface area contributed by atoms with Gasteiger partial charge in [0, 0.05) is 30.6 Å². The third-order valence-corrected chi connectivity index (χ3v) is 4.00. The Morgan fingerprint density at radius 2 is 1.95 bits per heavy atom. The van der Waals surface area contributed by atoms with Crippen molar-refractivity contribution in [2.24, 2.45) is 11.7 Å². The predicted octanol–water partition coefficient (Wildman–Crippen LogP) is 1.51. The van der Waals surface area contributed by atoms with E-state index in [0.717, 1.165) is 10.9 Å². The molecule has 1 aliphatic heterocycles. The first-order chi connectivity index (χ1) is 9.66. The molecule has 1 aromatic carbocycles. The summed E-state index contributed by atoms with van der Waals surface area (Å²) in [6.45, 7) is 1.17. The molecule has 2 amide bonds. The van der Waals surface area contributed by atoms with Crippen LogP contribution in [0.3, 0.4) is 0 Å². The first-order valence-electron chi connectivity index (χ1n) is 6.81. The molecule has 0 saturated carbocycles. The summed E-state index contributed by atoms with van der Waals surface area (Å²) in [4.78, 5) is 28.6. The van der Waals surface area contributed by atoms with Crippen molar-refractivity contribution >= 4 is 22.7 Å². The highest BCUT2D eigenvalue weighted by atomic mass is 16.2. The molecule has 1 fully saturated rings. The number of fused-ring (bicyclic) bond motifs is 1. The maximum absolute atomic E-state index is 12.6. The van der Waals surface area contributed by atoms with Crippen molar-refractivity contribution < 1.29 is 9.59 Å². The van der Waals surface area contributed by atoms with Crippen LogP contribution < -0.4 is 5.73 Å². The standard InChI is InChI=1S/C15H17N3O2/c16-14(19)11-5-8-18(9-6-11)15(20)12-3-1-2-10-4-7-17-13(10)12/h1-4,7,11,17H,5-6,8-9H2,(H2,16,19). The largest absolute Gasteiger partial charge is 0.369 e. The van der Waals surface area contributed by atoms with Crippen LogP contribution in [-0.4, -0.2) is 34.8 Å². The number of nitrogens with two attached hydrogens (primary N) is 1. The fourth-order valence-electron chi connectivity index (χ4n) is 2.80. The molecule has 104 valence electrons. The Morgan fingerprint density at radius 3 is 2.65 bits per heavy atom. The van der Waals surface area contributed by atoms with Crippen molar-refractivity contribution in [3.8, 4) is 0 Å². The molecule has 5 nitrogen and oxygen atoms in total. The number of carbonyl (C=O) groups excluding carboxylic acids is 2. The summed E-state index contributed by atoms with van der Waals surface area (Å²) in [7, 11) is 0. The zero-order chi connectivity index (χ0) is 14.1. The van der Waals surface area contributed by atoms with Gasteiger partial charge in [0.1, 0.15) is 0 Å². The van der Waals surface area contributed by atoms with Crippen LogP contribution in [0.2, 0.25) is 0 Å². The Labute approximate surface area is 116 Å². The zero-order valence-corrected chi connectivity index (χ0v) is 11.1. The smallest absolute Gasteiger partial charge is 0.255 e. The van der Waals surface area contributed by atoms with Crippen LogP contribution in [0, 0.1) is 5.92 Å². The number of piperidine rings is 1. The molecule has 2 heterocycles. The number of nitrogens with one attached hydrogen (secondary N) is 1. The zero-order valence-electron chi connectivity index (χ0n) is 11.1. The lowest BCUT2D eigenvalue weighted by molar-refractivity contribution is -0.123. The Bertz CT molecular complexity index is 654. The topological polar surface area (TPSA) is 79.2 Å². The van der Waals surface area contributed by atoms with Crippen molar-refractivity contribution in [1.82, 2.24) is 9.88 Å². The van der Waals surface area contributed by atoms with E-state index in [1.807, 2.05) is 30.5 Å². The van der Waals surface area contributed by atoms with E-state index in [0.29, 0.717) is 31.5 Å². The number of primary amides is 1. The molecule has 2 aromatic rings. The van der Waals surface area contributed by atoms with E-state index < -0.39 is 0 Å². The van der Waals surface area contributed by atoms with Crippen molar-refractivity contribution in [3.05, 3.63) is 36.0 Å². The van der Waals surface area contributed by atoms with Crippen LogP contribution in [0.15, 0.2) is 30.5 Å². The van der Waals surface area contributed by atoms with Gasteiger partial charge in [0.15, 0.2) is 0 Å². The van der Waals surface area contributed by atoms with Gasteiger partial charge in [-0.2, -0.15) is 0 Å². The first kappa shape index (κ1) is 12.7. The number of carbonyl (C=O) groups is 2. The second-order valence-electron chi connectivity index (χ2n) is 5.22. The van der Waals surface area contributed by atoms with Gasteiger partial charge in [0.25, 0.3) is 5.91 Å². The van der Waals surface area contributed by atoms with Crippen molar-refractivity contribution in [3.63, 3.8) is 0 Å². The maximum atomic E-state index is 12.6. The molecular formula is C15H17N3O2. The summed E-state index contributed by atoms with van der Waals surface area (Å²) in [5.74, 6) is -0.343. The molecule has 0 radical (unpaired) electrons. The van der Waals surface area contributed by atoms with E-state index in [2.05, 4.69) is 4.98 Å². The number of H-pyrrole nitrogens is 1. The predicted molar refractivity (Wildman–Crippen MR) is 76.1 cm³/mol. The third kappa shape index (κ3) is 2.15. The van der Waals surface area contributed by atoms with Gasteiger partial charge in [-0.25, -0.2) is 0 Å². The van der Waals surface area contributed by atoms with E-state index in [1.54, 1.807) is 4.90 Å². The summed E-state index contributed by atoms with van der Waals surface area (Å²) in [5, 5.41) is 1.03. The summed E-state index contributed by atoms with van der Waals surface area (Å²) in [6.07, 6.45) is 3.14. The number of likely N-dealkylation sites (tertiary alicyclic amines) is 1. The number of hydrogen-bond acceptors (Lipinski definition) is 2. The van der Waals surface area contributed by atoms with E-state index in [4.69, 9.17) is 5.73 Å². The van der Waals surface area contributed by atoms with Crippen molar-refractivity contribution in [1.29, 1.82) is 0 Å². The van der Waals surface area contributed by atoms with Gasteiger partial charge >= 0.3 is 0 Å². The fourth-order valence-corrected chi connectivity index (χ4v) is 2.80. The minimum Gasteiger partial charge on any atom is -0.369 e. The van der Waals surface area contributed by atoms with Crippen LogP contribution in [0.4, 0.5) is 0 Å². The quantitative estimate of drug-likeness (QED) is 0.868. The van der Waals surface area contributed by atoms with E-state index >= 15 is 0 Å². The van der Waals surface area contributed by atoms with Crippen molar-refractivity contribution in [2.45, 2.75) is 12.8 Å². The lowest BCUT2D eigenvalue weighted by atomic mass is 9.95. The van der Waals surface area contributed by atoms with Gasteiger partial charge in [-0.05, 0) is 25.0 Å². The van der Waals surface area contributed by atoms with Gasteiger partial charge in [0.2, 0.25) is 5.91 Å². The molecule has 1 aromatic heterocycles. The van der Waals surface area contributed by atoms with Crippen LogP contribution in [0.1, 0.15) is 23.2 Å². The second kappa shape index (κ2) is 5.00. The molecule has 0 spiro atoms. The third-order valence-electron chi connectivity index (χ3n) is 4.00. The highest BCUT2D eigenvalue weighted by Gasteiger charge is 2.27. The molecule has 1 aliphatic rings. The molecule has 0 aliphatic carbocycles. The molecule has 3 N–H and O–H groups in total. The Balaban J connectivity index is 1.80. The summed E-state index contributed by atoms with van der Waals surface area (Å²) in [6, 6.07) is 7.65. The Kier molecular flexibility index (Phi) is 3.18. The monoisotopic (exact) mass is 271 g/mol. The van der Waals surface area contributed by atoms with Crippen LogP contribution in [0.5, 0.6) is 0 Å². The maximum Gasteiger partial charge on any atom is 0.255 e. The number of benzene rings is 1. The highest BCUT2D eigenvalue weighted by Crippen LogP contribution is 2.22. The van der Waals surface area contributed by atoms with Gasteiger partial charge in [0.05, 0.1) is 11.1 Å². The van der Waals surface area contributed by atoms with E-state index in [-0.39, 0.29) is 17.7 Å². The minimum absolute atomic E-state index is 0.0148. The number of para-hydroxylation sites is 1. The average Bonchev–Trinajstić information content (AvgIpc) is 2.95. The fraction of sp³-hybridized carbons (Fsp3) is 0.333. The lowest BCUT2D eigenvalue weighted by Crippen LogP contribution is -2.41. The summed E-state index contributed by atoms with van der Waals surface area (Å²) in [5.41, 5.74) is 6.87. The molecule has 5 heteroatoms. The Morgan fingerprint density at radius 1 is 1.20 bits per heavy atom. The van der Waals surface area contributed by atoms with E-state index in [9.17, 15) is 9.59 Å². The van der Waals surface area contributed by atoms with Crippen LogP contribution in [0.25, 0.3) is 10.9 Å². The number of amides is 2. The number of rotatable bonds is 2. The molecule has 3 rings (SSSR count). The van der Waals surface area contributed by atoms with Crippen molar-refractivity contribution in [2.75, 3.05) is 13.1 Å². The minimum atomic E-state index is -0.261. The van der Waals surface area contributed by atoms with Gasteiger partial charge < -0.3 is 15.6 Å². The number of aromatic amines is 1. The first-order valence-corrected chi connectivity index (χ1v) is 6.81. The Hall–Kier alpha value is -2.30. The average molecular weight is 271 g/mol. The van der Waals surface area contributed by atoms with Crippen LogP contribution in [-0.2, 0) is 4.79 Å². The molecule has 0 bridgehead atoms. The normalized spacial score (nSPS) is 16.5. The van der Waals surface area contributed by atoms with Gasteiger partial charge in [-0.3, -0.25) is 9.59 Å². The number of aromatic nitrogens is 1. The molecule has 20 heavy (non-hydrogen) atoms. The summed E-state index contributed by atoms with van der Waals surface area (Å²) < 4.78 is 0.